The lowest BCUT2D eigenvalue weighted by Crippen LogP contribution is -2.30. The maximum absolute atomic E-state index is 10.7. The van der Waals surface area contributed by atoms with E-state index in [-0.39, 0.29) is 6.54 Å². The van der Waals surface area contributed by atoms with Gasteiger partial charge in [-0.2, -0.15) is 4.98 Å². The second kappa shape index (κ2) is 7.44. The summed E-state index contributed by atoms with van der Waals surface area (Å²) in [5, 5.41) is 11.6. The number of carboxylic acid groups (broad SMARTS) is 1. The van der Waals surface area contributed by atoms with Gasteiger partial charge in [0, 0.05) is 7.11 Å². The molecule has 7 nitrogen and oxygen atoms in total. The topological polar surface area (TPSA) is 93.6 Å². The van der Waals surface area contributed by atoms with Crippen molar-refractivity contribution in [3.8, 4) is 5.88 Å². The zero-order chi connectivity index (χ0) is 13.4. The molecule has 1 atom stereocenters. The van der Waals surface area contributed by atoms with Crippen LogP contribution in [-0.4, -0.2) is 47.4 Å². The molecule has 1 aromatic heterocycles. The maximum atomic E-state index is 10.7. The first-order chi connectivity index (χ1) is 8.67. The van der Waals surface area contributed by atoms with Crippen molar-refractivity contribution in [2.75, 3.05) is 25.6 Å². The predicted molar refractivity (Wildman–Crippen MR) is 64.7 cm³/mol. The van der Waals surface area contributed by atoms with Crippen LogP contribution in [0, 0.1) is 0 Å². The average molecular weight is 255 g/mol. The van der Waals surface area contributed by atoms with Crippen LogP contribution in [0.4, 0.5) is 5.82 Å². The van der Waals surface area contributed by atoms with Gasteiger partial charge < -0.3 is 19.9 Å². The van der Waals surface area contributed by atoms with Crippen LogP contribution >= 0.6 is 0 Å². The van der Waals surface area contributed by atoms with Crippen molar-refractivity contribution in [2.45, 2.75) is 19.4 Å². The molecule has 0 amide bonds. The van der Waals surface area contributed by atoms with E-state index in [1.165, 1.54) is 19.5 Å². The van der Waals surface area contributed by atoms with Gasteiger partial charge in [0.25, 0.3) is 0 Å². The molecule has 0 aliphatic carbocycles. The van der Waals surface area contributed by atoms with Gasteiger partial charge in [-0.1, -0.05) is 6.92 Å². The number of hydrogen-bond donors (Lipinski definition) is 2. The van der Waals surface area contributed by atoms with Gasteiger partial charge >= 0.3 is 5.97 Å². The molecule has 1 heterocycles. The van der Waals surface area contributed by atoms with Crippen molar-refractivity contribution >= 4 is 11.8 Å². The Balaban J connectivity index is 2.53. The van der Waals surface area contributed by atoms with E-state index in [4.69, 9.17) is 14.6 Å². The molecule has 1 aromatic rings. The summed E-state index contributed by atoms with van der Waals surface area (Å²) < 4.78 is 10.1. The van der Waals surface area contributed by atoms with Gasteiger partial charge in [0.15, 0.2) is 6.10 Å². The Morgan fingerprint density at radius 2 is 2.33 bits per heavy atom. The number of anilines is 1. The van der Waals surface area contributed by atoms with Gasteiger partial charge in [0.05, 0.1) is 25.5 Å². The van der Waals surface area contributed by atoms with Crippen LogP contribution in [0.15, 0.2) is 12.4 Å². The minimum Gasteiger partial charge on any atom is -0.479 e. The second-order valence-electron chi connectivity index (χ2n) is 3.53. The zero-order valence-corrected chi connectivity index (χ0v) is 10.4. The Morgan fingerprint density at radius 3 is 2.94 bits per heavy atom. The molecule has 100 valence electrons. The van der Waals surface area contributed by atoms with Crippen LogP contribution in [0.5, 0.6) is 5.88 Å². The van der Waals surface area contributed by atoms with E-state index in [0.29, 0.717) is 18.3 Å². The molecule has 0 saturated heterocycles. The number of rotatable bonds is 8. The van der Waals surface area contributed by atoms with Crippen LogP contribution < -0.4 is 10.1 Å². The van der Waals surface area contributed by atoms with Crippen molar-refractivity contribution in [3.63, 3.8) is 0 Å². The number of aromatic nitrogens is 2. The SMILES string of the molecule is CCCOc1cncc(NCC(OC)C(=O)O)n1. The Labute approximate surface area is 105 Å². The summed E-state index contributed by atoms with van der Waals surface area (Å²) in [6.45, 7) is 2.66. The first-order valence-corrected chi connectivity index (χ1v) is 5.61. The zero-order valence-electron chi connectivity index (χ0n) is 10.4. The minimum absolute atomic E-state index is 0.109. The maximum Gasteiger partial charge on any atom is 0.334 e. The van der Waals surface area contributed by atoms with Gasteiger partial charge in [0.2, 0.25) is 5.88 Å². The number of carboxylic acids is 1. The molecule has 7 heteroatoms. The molecule has 18 heavy (non-hydrogen) atoms. The minimum atomic E-state index is -1.03. The van der Waals surface area contributed by atoms with Crippen molar-refractivity contribution in [2.24, 2.45) is 0 Å². The lowest BCUT2D eigenvalue weighted by Gasteiger charge is -2.12. The molecule has 0 aliphatic rings. The van der Waals surface area contributed by atoms with E-state index in [9.17, 15) is 4.79 Å². The summed E-state index contributed by atoms with van der Waals surface area (Å²) in [6.07, 6.45) is 2.95. The van der Waals surface area contributed by atoms with E-state index in [1.807, 2.05) is 6.92 Å². The van der Waals surface area contributed by atoms with E-state index >= 15 is 0 Å². The van der Waals surface area contributed by atoms with Crippen molar-refractivity contribution in [1.82, 2.24) is 9.97 Å². The highest BCUT2D eigenvalue weighted by molar-refractivity contribution is 5.73. The predicted octanol–water partition coefficient (Wildman–Crippen LogP) is 0.777. The number of ether oxygens (including phenoxy) is 2. The fourth-order valence-corrected chi connectivity index (χ4v) is 1.18. The van der Waals surface area contributed by atoms with Crippen molar-refractivity contribution < 1.29 is 19.4 Å². The highest BCUT2D eigenvalue weighted by Crippen LogP contribution is 2.09. The number of aliphatic carboxylic acids is 1. The van der Waals surface area contributed by atoms with E-state index < -0.39 is 12.1 Å². The lowest BCUT2D eigenvalue weighted by atomic mass is 10.3. The number of nitrogens with zero attached hydrogens (tertiary/aromatic N) is 2. The highest BCUT2D eigenvalue weighted by atomic mass is 16.5. The largest absolute Gasteiger partial charge is 0.479 e. The molecule has 0 bridgehead atoms. The molecule has 0 radical (unpaired) electrons. The third-order valence-electron chi connectivity index (χ3n) is 2.10. The molecule has 0 aromatic carbocycles. The quantitative estimate of drug-likeness (QED) is 0.708. The monoisotopic (exact) mass is 255 g/mol. The van der Waals surface area contributed by atoms with Crippen LogP contribution in [0.25, 0.3) is 0 Å². The Kier molecular flexibility index (Phi) is 5.86. The lowest BCUT2D eigenvalue weighted by molar-refractivity contribution is -0.147. The summed E-state index contributed by atoms with van der Waals surface area (Å²) in [4.78, 5) is 18.8. The Bertz CT molecular complexity index is 386. The van der Waals surface area contributed by atoms with Crippen molar-refractivity contribution in [3.05, 3.63) is 12.4 Å². The third-order valence-corrected chi connectivity index (χ3v) is 2.10. The molecule has 0 spiro atoms. The van der Waals surface area contributed by atoms with E-state index in [2.05, 4.69) is 15.3 Å². The molecule has 2 N–H and O–H groups in total. The number of methoxy groups -OCH3 is 1. The normalized spacial score (nSPS) is 11.9. The molecule has 1 unspecified atom stereocenters. The molecular formula is C11H17N3O4. The van der Waals surface area contributed by atoms with Gasteiger partial charge in [-0.25, -0.2) is 4.79 Å². The highest BCUT2D eigenvalue weighted by Gasteiger charge is 2.15. The second-order valence-corrected chi connectivity index (χ2v) is 3.53. The molecule has 0 saturated carbocycles. The summed E-state index contributed by atoms with van der Waals surface area (Å²) in [6, 6.07) is 0. The fraction of sp³-hybridized carbons (Fsp3) is 0.545. The number of carbonyl (C=O) groups is 1. The molecule has 1 rings (SSSR count). The molecular weight excluding hydrogens is 238 g/mol. The van der Waals surface area contributed by atoms with E-state index in [0.717, 1.165) is 6.42 Å². The average Bonchev–Trinajstić information content (AvgIpc) is 2.37. The summed E-state index contributed by atoms with van der Waals surface area (Å²) in [7, 11) is 1.34. The molecule has 0 aliphatic heterocycles. The Morgan fingerprint density at radius 1 is 1.56 bits per heavy atom. The first-order valence-electron chi connectivity index (χ1n) is 5.61. The van der Waals surface area contributed by atoms with Gasteiger partial charge in [-0.15, -0.1) is 0 Å². The van der Waals surface area contributed by atoms with Crippen LogP contribution in [0.1, 0.15) is 13.3 Å². The summed E-state index contributed by atoms with van der Waals surface area (Å²) >= 11 is 0. The van der Waals surface area contributed by atoms with Crippen molar-refractivity contribution in [1.29, 1.82) is 0 Å². The van der Waals surface area contributed by atoms with Gasteiger partial charge in [-0.05, 0) is 6.42 Å². The van der Waals surface area contributed by atoms with Crippen LogP contribution in [0.2, 0.25) is 0 Å². The van der Waals surface area contributed by atoms with Gasteiger partial charge in [0.1, 0.15) is 5.82 Å². The standard InChI is InChI=1S/C11H17N3O4/c1-3-4-18-10-7-12-6-9(14-10)13-5-8(17-2)11(15)16/h6-8H,3-5H2,1-2H3,(H,13,14)(H,15,16). The summed E-state index contributed by atoms with van der Waals surface area (Å²) in [5.74, 6) is -0.172. The van der Waals surface area contributed by atoms with Crippen LogP contribution in [0.3, 0.4) is 0 Å². The first kappa shape index (κ1) is 14.2. The van der Waals surface area contributed by atoms with E-state index in [1.54, 1.807) is 0 Å². The number of nitrogens with one attached hydrogen (secondary N) is 1. The van der Waals surface area contributed by atoms with Crippen LogP contribution in [-0.2, 0) is 9.53 Å². The third kappa shape index (κ3) is 4.54. The smallest absolute Gasteiger partial charge is 0.334 e. The van der Waals surface area contributed by atoms with Gasteiger partial charge in [-0.3, -0.25) is 4.98 Å². The molecule has 0 fully saturated rings. The fourth-order valence-electron chi connectivity index (χ4n) is 1.18. The summed E-state index contributed by atoms with van der Waals surface area (Å²) in [5.41, 5.74) is 0. The Hall–Kier alpha value is -1.89. The number of hydrogen-bond acceptors (Lipinski definition) is 6.